The third-order valence-corrected chi connectivity index (χ3v) is 5.12. The lowest BCUT2D eigenvalue weighted by molar-refractivity contribution is 0.0481. The number of aromatic nitrogens is 3. The summed E-state index contributed by atoms with van der Waals surface area (Å²) in [7, 11) is 0. The van der Waals surface area contributed by atoms with Gasteiger partial charge in [-0.05, 0) is 42.0 Å². The van der Waals surface area contributed by atoms with Gasteiger partial charge in [0.15, 0.2) is 0 Å². The van der Waals surface area contributed by atoms with E-state index in [1.165, 1.54) is 18.5 Å². The zero-order chi connectivity index (χ0) is 22.0. The van der Waals surface area contributed by atoms with E-state index in [9.17, 15) is 9.18 Å². The number of carbonyl (C=O) groups is 1. The first kappa shape index (κ1) is 20.8. The molecule has 31 heavy (non-hydrogen) atoms. The molecule has 2 aromatic heterocycles. The van der Waals surface area contributed by atoms with Gasteiger partial charge in [-0.3, -0.25) is 0 Å². The van der Waals surface area contributed by atoms with Gasteiger partial charge in [0.1, 0.15) is 18.0 Å². The largest absolute Gasteiger partial charge is 0.462 e. The van der Waals surface area contributed by atoms with Gasteiger partial charge in [-0.1, -0.05) is 25.4 Å². The van der Waals surface area contributed by atoms with Crippen molar-refractivity contribution in [2.24, 2.45) is 0 Å². The van der Waals surface area contributed by atoms with Crippen LogP contribution in [-0.2, 0) is 11.2 Å². The Morgan fingerprint density at radius 2 is 1.97 bits per heavy atom. The molecule has 5 rings (SSSR count). The van der Waals surface area contributed by atoms with Gasteiger partial charge in [-0.2, -0.15) is 0 Å². The van der Waals surface area contributed by atoms with Crippen LogP contribution in [0.25, 0.3) is 16.6 Å². The van der Waals surface area contributed by atoms with Crippen molar-refractivity contribution in [2.45, 2.75) is 20.3 Å². The number of anilines is 2. The number of carbonyl (C=O) groups excluding carboxylic acids is 1. The summed E-state index contributed by atoms with van der Waals surface area (Å²) >= 11 is 5.88. The molecule has 1 N–H and O–H groups in total. The van der Waals surface area contributed by atoms with E-state index in [0.29, 0.717) is 30.1 Å². The highest BCUT2D eigenvalue weighted by molar-refractivity contribution is 6.31. The fourth-order valence-electron chi connectivity index (χ4n) is 3.38. The summed E-state index contributed by atoms with van der Waals surface area (Å²) < 4.78 is 20.4. The smallest absolute Gasteiger partial charge is 0.339 e. The highest BCUT2D eigenvalue weighted by Gasteiger charge is 2.21. The van der Waals surface area contributed by atoms with Gasteiger partial charge in [0, 0.05) is 35.6 Å². The SMILES string of the molecule is CC.O=C1OCCc2cn(-c3ccc4ncnc(Nc5ccc(F)c(Cl)c5)c4c3)cc21. The van der Waals surface area contributed by atoms with Gasteiger partial charge in [0.2, 0.25) is 0 Å². The van der Waals surface area contributed by atoms with Crippen LogP contribution in [0.4, 0.5) is 15.9 Å². The van der Waals surface area contributed by atoms with E-state index < -0.39 is 5.82 Å². The number of halogens is 2. The zero-order valence-corrected chi connectivity index (χ0v) is 17.8. The van der Waals surface area contributed by atoms with Gasteiger partial charge >= 0.3 is 5.97 Å². The highest BCUT2D eigenvalue weighted by Crippen LogP contribution is 2.28. The molecule has 0 saturated carbocycles. The predicted octanol–water partition coefficient (Wildman–Crippen LogP) is 5.70. The third kappa shape index (κ3) is 4.09. The second kappa shape index (κ2) is 8.73. The van der Waals surface area contributed by atoms with Crippen molar-refractivity contribution in [1.82, 2.24) is 14.5 Å². The highest BCUT2D eigenvalue weighted by atomic mass is 35.5. The molecule has 1 aliphatic rings. The van der Waals surface area contributed by atoms with Crippen molar-refractivity contribution < 1.29 is 13.9 Å². The van der Waals surface area contributed by atoms with Crippen molar-refractivity contribution >= 4 is 40.0 Å². The second-order valence-electron chi connectivity index (χ2n) is 6.67. The van der Waals surface area contributed by atoms with Crippen molar-refractivity contribution in [3.05, 3.63) is 77.1 Å². The predicted molar refractivity (Wildman–Crippen MR) is 119 cm³/mol. The number of benzene rings is 2. The average molecular weight is 439 g/mol. The van der Waals surface area contributed by atoms with Crippen LogP contribution in [0.15, 0.2) is 55.1 Å². The van der Waals surface area contributed by atoms with Crippen LogP contribution in [0.5, 0.6) is 0 Å². The normalized spacial score (nSPS) is 12.6. The summed E-state index contributed by atoms with van der Waals surface area (Å²) in [6, 6.07) is 10.1. The van der Waals surface area contributed by atoms with Gasteiger partial charge in [-0.15, -0.1) is 0 Å². The molecule has 0 amide bonds. The van der Waals surface area contributed by atoms with Gasteiger partial charge < -0.3 is 14.6 Å². The van der Waals surface area contributed by atoms with Crippen molar-refractivity contribution in [1.29, 1.82) is 0 Å². The monoisotopic (exact) mass is 438 g/mol. The van der Waals surface area contributed by atoms with Crippen molar-refractivity contribution in [2.75, 3.05) is 11.9 Å². The number of fused-ring (bicyclic) bond motifs is 2. The van der Waals surface area contributed by atoms with Gasteiger partial charge in [0.05, 0.1) is 22.7 Å². The Bertz CT molecular complexity index is 1270. The van der Waals surface area contributed by atoms with Crippen LogP contribution in [-0.4, -0.2) is 27.1 Å². The number of esters is 1. The minimum atomic E-state index is -0.484. The van der Waals surface area contributed by atoms with E-state index in [2.05, 4.69) is 15.3 Å². The molecule has 4 aromatic rings. The number of nitrogens with zero attached hydrogens (tertiary/aromatic N) is 3. The molecule has 8 heteroatoms. The quantitative estimate of drug-likeness (QED) is 0.416. The number of rotatable bonds is 3. The van der Waals surface area contributed by atoms with Crippen molar-refractivity contribution in [3.63, 3.8) is 0 Å². The number of hydrogen-bond donors (Lipinski definition) is 1. The summed E-state index contributed by atoms with van der Waals surface area (Å²) in [4.78, 5) is 20.6. The lowest BCUT2D eigenvalue weighted by atomic mass is 10.1. The first-order valence-electron chi connectivity index (χ1n) is 9.94. The summed E-state index contributed by atoms with van der Waals surface area (Å²) in [6.45, 7) is 4.40. The third-order valence-electron chi connectivity index (χ3n) is 4.83. The first-order valence-corrected chi connectivity index (χ1v) is 10.3. The van der Waals surface area contributed by atoms with Crippen LogP contribution in [0.3, 0.4) is 0 Å². The Balaban J connectivity index is 0.00000112. The molecular formula is C23H20ClFN4O2. The van der Waals surface area contributed by atoms with Crippen LogP contribution >= 0.6 is 11.6 Å². The molecule has 0 spiro atoms. The Morgan fingerprint density at radius 3 is 2.74 bits per heavy atom. The maximum atomic E-state index is 13.4. The van der Waals surface area contributed by atoms with E-state index in [1.54, 1.807) is 12.3 Å². The molecule has 0 unspecified atom stereocenters. The van der Waals surface area contributed by atoms with Gasteiger partial charge in [-0.25, -0.2) is 19.2 Å². The van der Waals surface area contributed by atoms with E-state index in [0.717, 1.165) is 22.2 Å². The van der Waals surface area contributed by atoms with Crippen LogP contribution in [0, 0.1) is 5.82 Å². The van der Waals surface area contributed by atoms with E-state index in [4.69, 9.17) is 16.3 Å². The summed E-state index contributed by atoms with van der Waals surface area (Å²) in [5.41, 5.74) is 3.76. The van der Waals surface area contributed by atoms with Crippen LogP contribution in [0.1, 0.15) is 29.8 Å². The molecular weight excluding hydrogens is 419 g/mol. The molecule has 0 bridgehead atoms. The topological polar surface area (TPSA) is 69.0 Å². The Morgan fingerprint density at radius 1 is 1.13 bits per heavy atom. The van der Waals surface area contributed by atoms with Crippen molar-refractivity contribution in [3.8, 4) is 5.69 Å². The lowest BCUT2D eigenvalue weighted by Crippen LogP contribution is -2.15. The first-order chi connectivity index (χ1) is 15.1. The molecule has 0 atom stereocenters. The molecule has 6 nitrogen and oxygen atoms in total. The number of cyclic esters (lactones) is 1. The molecule has 3 heterocycles. The van der Waals surface area contributed by atoms with E-state index >= 15 is 0 Å². The molecule has 1 aliphatic heterocycles. The molecule has 0 saturated heterocycles. The summed E-state index contributed by atoms with van der Waals surface area (Å²) in [5.74, 6) is -0.220. The number of ether oxygens (including phenoxy) is 1. The molecule has 0 radical (unpaired) electrons. The van der Waals surface area contributed by atoms with E-state index in [-0.39, 0.29) is 11.0 Å². The maximum Gasteiger partial charge on any atom is 0.339 e. The Kier molecular flexibility index (Phi) is 5.86. The standard InChI is InChI=1S/C21H14ClFN4O2.C2H6/c22-17-7-13(1-3-18(17)23)26-20-15-8-14(2-4-19(15)24-11-25-20)27-9-12-5-6-29-21(28)16(12)10-27;1-2/h1-4,7-11H,5-6H2,(H,24,25,26);1-2H3. The van der Waals surface area contributed by atoms with Crippen LogP contribution < -0.4 is 5.32 Å². The lowest BCUT2D eigenvalue weighted by Gasteiger charge is -2.10. The van der Waals surface area contributed by atoms with E-state index in [1.807, 2.05) is 42.8 Å². The average Bonchev–Trinajstić information content (AvgIpc) is 3.24. The summed E-state index contributed by atoms with van der Waals surface area (Å²) in [6.07, 6.45) is 5.87. The second-order valence-corrected chi connectivity index (χ2v) is 7.08. The fourth-order valence-corrected chi connectivity index (χ4v) is 3.56. The Hall–Kier alpha value is -3.45. The Labute approximate surface area is 183 Å². The van der Waals surface area contributed by atoms with Gasteiger partial charge in [0.25, 0.3) is 0 Å². The van der Waals surface area contributed by atoms with Crippen LogP contribution in [0.2, 0.25) is 5.02 Å². The molecule has 0 fully saturated rings. The minimum absolute atomic E-state index is 0.0267. The zero-order valence-electron chi connectivity index (χ0n) is 17.0. The fraction of sp³-hybridized carbons (Fsp3) is 0.174. The summed E-state index contributed by atoms with van der Waals surface area (Å²) in [5, 5.41) is 3.97. The number of nitrogens with one attached hydrogen (secondary N) is 1. The number of hydrogen-bond acceptors (Lipinski definition) is 5. The molecule has 2 aromatic carbocycles. The molecule has 0 aliphatic carbocycles. The minimum Gasteiger partial charge on any atom is -0.462 e. The maximum absolute atomic E-state index is 13.4. The molecule has 158 valence electrons.